The number of nitrogen functional groups attached to an aromatic ring is 1. The number of benzene rings is 2. The molecule has 4 rings (SSSR count). The molecule has 0 aliphatic carbocycles. The van der Waals surface area contributed by atoms with Crippen LogP contribution < -0.4 is 20.5 Å². The number of nitriles is 1. The zero-order valence-corrected chi connectivity index (χ0v) is 21.2. The van der Waals surface area contributed by atoms with Crippen molar-refractivity contribution >= 4 is 23.8 Å². The number of pyridine rings is 1. The second kappa shape index (κ2) is 11.7. The van der Waals surface area contributed by atoms with Gasteiger partial charge in [-0.1, -0.05) is 54.1 Å². The summed E-state index contributed by atoms with van der Waals surface area (Å²) >= 11 is 0. The summed E-state index contributed by atoms with van der Waals surface area (Å²) in [6.45, 7) is 3.83. The van der Waals surface area contributed by atoms with Gasteiger partial charge in [-0.25, -0.2) is 14.8 Å². The van der Waals surface area contributed by atoms with Crippen molar-refractivity contribution in [2.45, 2.75) is 19.9 Å². The van der Waals surface area contributed by atoms with Crippen molar-refractivity contribution < 1.29 is 14.3 Å². The molecule has 2 aromatic carbocycles. The van der Waals surface area contributed by atoms with Gasteiger partial charge in [-0.3, -0.25) is 0 Å². The molecule has 0 aliphatic rings. The number of nitrogens with zero attached hydrogens (tertiary/aromatic N) is 4. The van der Waals surface area contributed by atoms with E-state index in [0.717, 1.165) is 5.57 Å². The van der Waals surface area contributed by atoms with Crippen molar-refractivity contribution in [3.8, 4) is 29.0 Å². The molecule has 0 bridgehead atoms. The first kappa shape index (κ1) is 25.9. The monoisotopic (exact) mass is 506 g/mol. The molecule has 0 spiro atoms. The molecular weight excluding hydrogens is 480 g/mol. The highest BCUT2D eigenvalue weighted by atomic mass is 16.5. The number of hydrogen-bond acceptors (Lipinski definition) is 9. The fourth-order valence-electron chi connectivity index (χ4n) is 3.73. The van der Waals surface area contributed by atoms with Gasteiger partial charge in [-0.05, 0) is 37.6 Å². The summed E-state index contributed by atoms with van der Waals surface area (Å²) in [6.07, 6.45) is 3.26. The number of hydrogen-bond donors (Lipinski definition) is 2. The molecule has 9 nitrogen and oxygen atoms in total. The third kappa shape index (κ3) is 5.94. The molecule has 0 aliphatic heterocycles. The highest BCUT2D eigenvalue weighted by Gasteiger charge is 2.21. The minimum atomic E-state index is -0.522. The summed E-state index contributed by atoms with van der Waals surface area (Å²) in [5, 5.41) is 12.6. The smallest absolute Gasteiger partial charge is 0.344 e. The van der Waals surface area contributed by atoms with E-state index in [1.807, 2.05) is 56.3 Å². The molecule has 2 aromatic heterocycles. The Kier molecular flexibility index (Phi) is 7.94. The second-order valence-electron chi connectivity index (χ2n) is 8.39. The fraction of sp³-hybridized carbons (Fsp3) is 0.138. The zero-order chi connectivity index (χ0) is 27.1. The van der Waals surface area contributed by atoms with Crippen molar-refractivity contribution in [3.05, 3.63) is 95.2 Å². The number of aromatic nitrogens is 3. The normalized spacial score (nSPS) is 11.8. The van der Waals surface area contributed by atoms with Gasteiger partial charge in [-0.2, -0.15) is 10.2 Å². The van der Waals surface area contributed by atoms with Crippen LogP contribution in [0.2, 0.25) is 0 Å². The number of esters is 1. The molecule has 9 heteroatoms. The second-order valence-corrected chi connectivity index (χ2v) is 8.39. The quantitative estimate of drug-likeness (QED) is 0.246. The van der Waals surface area contributed by atoms with Crippen LogP contribution in [0.15, 0.2) is 78.5 Å². The first-order valence-electron chi connectivity index (χ1n) is 11.8. The van der Waals surface area contributed by atoms with Gasteiger partial charge < -0.3 is 20.5 Å². The van der Waals surface area contributed by atoms with E-state index in [1.165, 1.54) is 13.3 Å². The number of rotatable bonds is 8. The lowest BCUT2D eigenvalue weighted by Crippen LogP contribution is -2.19. The highest BCUT2D eigenvalue weighted by molar-refractivity contribution is 6.01. The maximum Gasteiger partial charge on any atom is 0.344 e. The Morgan fingerprint density at radius 3 is 2.58 bits per heavy atom. The fourth-order valence-corrected chi connectivity index (χ4v) is 3.73. The number of carbonyl (C=O) groups excluding carboxylic acids is 1. The molecule has 0 amide bonds. The number of methoxy groups -OCH3 is 1. The molecule has 0 fully saturated rings. The summed E-state index contributed by atoms with van der Waals surface area (Å²) in [4.78, 5) is 26.1. The minimum absolute atomic E-state index is 0.0600. The number of nitrogens with two attached hydrogens (primary N) is 1. The van der Waals surface area contributed by atoms with Gasteiger partial charge in [0.25, 0.3) is 0 Å². The molecular formula is C29H26N6O3. The van der Waals surface area contributed by atoms with Gasteiger partial charge in [0.2, 0.25) is 11.8 Å². The number of nitrogens with one attached hydrogen (secondary N) is 1. The van der Waals surface area contributed by atoms with E-state index in [1.54, 1.807) is 30.3 Å². The third-order valence-corrected chi connectivity index (χ3v) is 5.81. The summed E-state index contributed by atoms with van der Waals surface area (Å²) < 4.78 is 11.0. The van der Waals surface area contributed by atoms with Crippen LogP contribution in [-0.2, 0) is 0 Å². The molecule has 2 heterocycles. The van der Waals surface area contributed by atoms with Crippen molar-refractivity contribution in [2.75, 3.05) is 18.2 Å². The van der Waals surface area contributed by atoms with E-state index in [4.69, 9.17) is 15.2 Å². The maximum absolute atomic E-state index is 13.6. The van der Waals surface area contributed by atoms with Gasteiger partial charge in [-0.15, -0.1) is 0 Å². The number of carbonyl (C=O) groups is 1. The SMILES string of the molecule is COc1cccc(-c2cccc(/C=C(\C)[C@H](C)Nc3nc(N)ncc3C#N)c2C(=O)Oc2ccccc2)n1. The van der Waals surface area contributed by atoms with Crippen LogP contribution >= 0.6 is 0 Å². The van der Waals surface area contributed by atoms with E-state index in [-0.39, 0.29) is 17.6 Å². The van der Waals surface area contributed by atoms with Crippen molar-refractivity contribution in [1.82, 2.24) is 15.0 Å². The molecule has 38 heavy (non-hydrogen) atoms. The van der Waals surface area contributed by atoms with Crippen LogP contribution in [0.5, 0.6) is 11.6 Å². The zero-order valence-electron chi connectivity index (χ0n) is 21.2. The average Bonchev–Trinajstić information content (AvgIpc) is 2.93. The van der Waals surface area contributed by atoms with Crippen LogP contribution in [0.1, 0.15) is 35.3 Å². The molecule has 0 saturated carbocycles. The topological polar surface area (TPSA) is 136 Å². The molecule has 3 N–H and O–H groups in total. The Hall–Kier alpha value is -5.23. The molecule has 0 saturated heterocycles. The van der Waals surface area contributed by atoms with Crippen molar-refractivity contribution in [2.24, 2.45) is 0 Å². The van der Waals surface area contributed by atoms with Crippen molar-refractivity contribution in [1.29, 1.82) is 5.26 Å². The van der Waals surface area contributed by atoms with Crippen LogP contribution in [0.4, 0.5) is 11.8 Å². The summed E-state index contributed by atoms with van der Waals surface area (Å²) in [6, 6.07) is 21.6. The first-order chi connectivity index (χ1) is 18.4. The predicted octanol–water partition coefficient (Wildman–Crippen LogP) is 5.12. The van der Waals surface area contributed by atoms with Crippen LogP contribution in [0.25, 0.3) is 17.3 Å². The Morgan fingerprint density at radius 2 is 1.84 bits per heavy atom. The number of anilines is 2. The molecule has 0 unspecified atom stereocenters. The Morgan fingerprint density at radius 1 is 1.08 bits per heavy atom. The van der Waals surface area contributed by atoms with E-state index < -0.39 is 5.97 Å². The predicted molar refractivity (Wildman–Crippen MR) is 146 cm³/mol. The van der Waals surface area contributed by atoms with E-state index in [2.05, 4.69) is 26.3 Å². The molecule has 1 atom stereocenters. The summed E-state index contributed by atoms with van der Waals surface area (Å²) in [5.41, 5.74) is 9.02. The van der Waals surface area contributed by atoms with Gasteiger partial charge >= 0.3 is 5.97 Å². The molecule has 4 aromatic rings. The Balaban J connectivity index is 1.76. The first-order valence-corrected chi connectivity index (χ1v) is 11.8. The Bertz CT molecular complexity index is 1530. The molecule has 190 valence electrons. The van der Waals surface area contributed by atoms with Gasteiger partial charge in [0.15, 0.2) is 0 Å². The van der Waals surface area contributed by atoms with Crippen molar-refractivity contribution in [3.63, 3.8) is 0 Å². The molecule has 0 radical (unpaired) electrons. The van der Waals surface area contributed by atoms with E-state index >= 15 is 0 Å². The Labute approximate surface area is 220 Å². The van der Waals surface area contributed by atoms with Crippen LogP contribution in [0, 0.1) is 11.3 Å². The van der Waals surface area contributed by atoms with Crippen LogP contribution in [-0.4, -0.2) is 34.1 Å². The lowest BCUT2D eigenvalue weighted by Gasteiger charge is -2.18. The third-order valence-electron chi connectivity index (χ3n) is 5.81. The highest BCUT2D eigenvalue weighted by Crippen LogP contribution is 2.30. The standard InChI is InChI=1S/C29H26N6O3/c1-18(19(2)33-27-21(16-30)17-32-29(31)35-27)15-20-9-7-12-23(24-13-8-14-25(34-24)37-3)26(20)28(36)38-22-10-5-4-6-11-22/h4-15,17,19H,1-3H3,(H3,31,32,33,35)/b18-15+/t19-/m0/s1. The van der Waals surface area contributed by atoms with Crippen LogP contribution in [0.3, 0.4) is 0 Å². The average molecular weight is 507 g/mol. The lowest BCUT2D eigenvalue weighted by molar-refractivity contribution is 0.0735. The summed E-state index contributed by atoms with van der Waals surface area (Å²) in [5.74, 6) is 0.727. The number of ether oxygens (including phenoxy) is 2. The summed E-state index contributed by atoms with van der Waals surface area (Å²) in [7, 11) is 1.54. The van der Waals surface area contributed by atoms with E-state index in [0.29, 0.717) is 39.8 Å². The minimum Gasteiger partial charge on any atom is -0.481 e. The maximum atomic E-state index is 13.6. The van der Waals surface area contributed by atoms with Gasteiger partial charge in [0, 0.05) is 17.7 Å². The van der Waals surface area contributed by atoms with Gasteiger partial charge in [0.05, 0.1) is 24.6 Å². The largest absolute Gasteiger partial charge is 0.481 e. The van der Waals surface area contributed by atoms with E-state index in [9.17, 15) is 10.1 Å². The number of para-hydroxylation sites is 1. The van der Waals surface area contributed by atoms with Gasteiger partial charge in [0.1, 0.15) is 23.2 Å². The lowest BCUT2D eigenvalue weighted by atomic mass is 9.95.